The van der Waals surface area contributed by atoms with Gasteiger partial charge in [0.15, 0.2) is 4.60 Å². The van der Waals surface area contributed by atoms with Crippen LogP contribution in [-0.4, -0.2) is 34.8 Å². The van der Waals surface area contributed by atoms with Crippen molar-refractivity contribution < 1.29 is 12.8 Å². The molecule has 9 heteroatoms. The molecule has 0 aliphatic carbocycles. The van der Waals surface area contributed by atoms with Crippen molar-refractivity contribution in [3.05, 3.63) is 40.2 Å². The van der Waals surface area contributed by atoms with Crippen LogP contribution in [0.3, 0.4) is 0 Å². The maximum Gasteiger partial charge on any atom is 0.263 e. The minimum atomic E-state index is -3.77. The monoisotopic (exact) mass is 362 g/mol. The summed E-state index contributed by atoms with van der Waals surface area (Å²) < 4.78 is 40.4. The highest BCUT2D eigenvalue weighted by molar-refractivity contribution is 9.10. The Hall–Kier alpha value is -1.32. The molecule has 0 radical (unpaired) electrons. The third-order valence-corrected chi connectivity index (χ3v) is 5.38. The van der Waals surface area contributed by atoms with Gasteiger partial charge in [0.1, 0.15) is 5.82 Å². The molecule has 0 bridgehead atoms. The third kappa shape index (κ3) is 2.89. The van der Waals surface area contributed by atoms with Crippen LogP contribution in [0.2, 0.25) is 0 Å². The Bertz CT molecular complexity index is 712. The fourth-order valence-electron chi connectivity index (χ4n) is 1.72. The van der Waals surface area contributed by atoms with Gasteiger partial charge in [0.2, 0.25) is 5.03 Å². The molecule has 6 nitrogen and oxygen atoms in total. The zero-order valence-electron chi connectivity index (χ0n) is 10.8. The smallest absolute Gasteiger partial charge is 0.235 e. The van der Waals surface area contributed by atoms with Crippen LogP contribution < -0.4 is 0 Å². The summed E-state index contributed by atoms with van der Waals surface area (Å²) in [5, 5.41) is 7.24. The second-order valence-electron chi connectivity index (χ2n) is 4.20. The van der Waals surface area contributed by atoms with E-state index in [4.69, 9.17) is 0 Å². The molecule has 1 heterocycles. The van der Waals surface area contributed by atoms with E-state index in [0.717, 1.165) is 4.31 Å². The molecule has 0 saturated heterocycles. The molecular weight excluding hydrogens is 351 g/mol. The summed E-state index contributed by atoms with van der Waals surface area (Å²) in [4.78, 5) is 0. The summed E-state index contributed by atoms with van der Waals surface area (Å²) in [5.74, 6) is -0.406. The van der Waals surface area contributed by atoms with Crippen LogP contribution in [0.15, 0.2) is 33.9 Å². The van der Waals surface area contributed by atoms with Crippen LogP contribution in [0.1, 0.15) is 5.56 Å². The Morgan fingerprint density at radius 1 is 1.45 bits per heavy atom. The highest BCUT2D eigenvalue weighted by Gasteiger charge is 2.28. The quantitative estimate of drug-likeness (QED) is 0.827. The highest BCUT2D eigenvalue weighted by atomic mass is 79.9. The van der Waals surface area contributed by atoms with E-state index >= 15 is 0 Å². The molecular formula is C11H12BrFN4O2S. The number of nitrogens with zero attached hydrogens (tertiary/aromatic N) is 4. The maximum absolute atomic E-state index is 13.1. The van der Waals surface area contributed by atoms with Gasteiger partial charge in [-0.1, -0.05) is 17.3 Å². The second kappa shape index (κ2) is 5.58. The highest BCUT2D eigenvalue weighted by Crippen LogP contribution is 2.22. The van der Waals surface area contributed by atoms with E-state index in [2.05, 4.69) is 26.2 Å². The van der Waals surface area contributed by atoms with Crippen molar-refractivity contribution in [1.82, 2.24) is 19.3 Å². The van der Waals surface area contributed by atoms with Crippen molar-refractivity contribution in [2.75, 3.05) is 7.05 Å². The Morgan fingerprint density at radius 2 is 2.15 bits per heavy atom. The number of benzene rings is 1. The van der Waals surface area contributed by atoms with Crippen molar-refractivity contribution in [3.63, 3.8) is 0 Å². The first-order valence-corrected chi connectivity index (χ1v) is 7.81. The van der Waals surface area contributed by atoms with Crippen molar-refractivity contribution in [2.24, 2.45) is 7.05 Å². The van der Waals surface area contributed by atoms with Crippen LogP contribution in [0.25, 0.3) is 0 Å². The minimum absolute atomic E-state index is 0.0450. The Balaban J connectivity index is 2.31. The lowest BCUT2D eigenvalue weighted by Crippen LogP contribution is -2.28. The van der Waals surface area contributed by atoms with E-state index in [9.17, 15) is 12.8 Å². The van der Waals surface area contributed by atoms with Gasteiger partial charge in [-0.2, -0.15) is 4.31 Å². The molecule has 0 aliphatic heterocycles. The second-order valence-corrected chi connectivity index (χ2v) is 6.91. The van der Waals surface area contributed by atoms with Gasteiger partial charge in [0, 0.05) is 20.6 Å². The third-order valence-electron chi connectivity index (χ3n) is 2.69. The first-order chi connectivity index (χ1) is 9.32. The average molecular weight is 363 g/mol. The SMILES string of the molecule is CN(Cc1cccc(F)c1)S(=O)(=O)c1c(Br)nnn1C. The number of rotatable bonds is 4. The van der Waals surface area contributed by atoms with Crippen molar-refractivity contribution in [1.29, 1.82) is 0 Å². The molecule has 2 aromatic rings. The summed E-state index contributed by atoms with van der Waals surface area (Å²) in [7, 11) is -0.863. The Kier molecular flexibility index (Phi) is 4.21. The number of aromatic nitrogens is 3. The van der Waals surface area contributed by atoms with Gasteiger partial charge in [-0.25, -0.2) is 17.5 Å². The summed E-state index contributed by atoms with van der Waals surface area (Å²) in [5.41, 5.74) is 0.558. The van der Waals surface area contributed by atoms with Gasteiger partial charge in [0.05, 0.1) is 0 Å². The molecule has 1 aromatic carbocycles. The predicted molar refractivity (Wildman–Crippen MR) is 73.8 cm³/mol. The number of sulfonamides is 1. The van der Waals surface area contributed by atoms with Crippen molar-refractivity contribution in [3.8, 4) is 0 Å². The molecule has 0 saturated carbocycles. The van der Waals surface area contributed by atoms with Gasteiger partial charge in [-0.15, -0.1) is 5.10 Å². The predicted octanol–water partition coefficient (Wildman–Crippen LogP) is 1.54. The maximum atomic E-state index is 13.1. The standard InChI is InChI=1S/C11H12BrFN4O2S/c1-16(7-8-4-3-5-9(13)6-8)20(18,19)11-10(12)14-15-17(11)2/h3-6H,7H2,1-2H3. The number of aryl methyl sites for hydroxylation is 1. The van der Waals surface area contributed by atoms with E-state index in [1.807, 2.05) is 0 Å². The van der Waals surface area contributed by atoms with Crippen LogP contribution >= 0.6 is 15.9 Å². The fourth-order valence-corrected chi connectivity index (χ4v) is 3.90. The first kappa shape index (κ1) is 15.1. The van der Waals surface area contributed by atoms with Crippen molar-refractivity contribution in [2.45, 2.75) is 11.6 Å². The molecule has 0 fully saturated rings. The van der Waals surface area contributed by atoms with Gasteiger partial charge in [0.25, 0.3) is 10.0 Å². The van der Waals surface area contributed by atoms with Gasteiger partial charge in [-0.05, 0) is 33.6 Å². The van der Waals surface area contributed by atoms with Crippen LogP contribution in [-0.2, 0) is 23.6 Å². The van der Waals surface area contributed by atoms with Gasteiger partial charge in [-0.3, -0.25) is 0 Å². The Labute approximate surface area is 124 Å². The summed E-state index contributed by atoms with van der Waals surface area (Å²) in [6.45, 7) is 0.0533. The van der Waals surface area contributed by atoms with Gasteiger partial charge >= 0.3 is 0 Å². The largest absolute Gasteiger partial charge is 0.263 e. The molecule has 0 aliphatic rings. The van der Waals surface area contributed by atoms with E-state index in [0.29, 0.717) is 5.56 Å². The van der Waals surface area contributed by atoms with Crippen LogP contribution in [0.4, 0.5) is 4.39 Å². The van der Waals surface area contributed by atoms with Crippen LogP contribution in [0, 0.1) is 5.82 Å². The molecule has 108 valence electrons. The minimum Gasteiger partial charge on any atom is -0.235 e. The van der Waals surface area contributed by atoms with E-state index in [-0.39, 0.29) is 16.2 Å². The summed E-state index contributed by atoms with van der Waals surface area (Å²) in [6.07, 6.45) is 0. The lowest BCUT2D eigenvalue weighted by Gasteiger charge is -2.17. The number of halogens is 2. The molecule has 0 atom stereocenters. The number of hydrogen-bond donors (Lipinski definition) is 0. The fraction of sp³-hybridized carbons (Fsp3) is 0.273. The zero-order chi connectivity index (χ0) is 14.9. The summed E-state index contributed by atoms with van der Waals surface area (Å²) in [6, 6.07) is 5.79. The van der Waals surface area contributed by atoms with E-state index < -0.39 is 15.8 Å². The van der Waals surface area contributed by atoms with E-state index in [1.165, 1.54) is 37.0 Å². The first-order valence-electron chi connectivity index (χ1n) is 5.58. The molecule has 0 spiro atoms. The average Bonchev–Trinajstić information content (AvgIpc) is 2.69. The summed E-state index contributed by atoms with van der Waals surface area (Å²) >= 11 is 3.06. The zero-order valence-corrected chi connectivity index (χ0v) is 13.2. The van der Waals surface area contributed by atoms with Crippen molar-refractivity contribution >= 4 is 26.0 Å². The number of hydrogen-bond acceptors (Lipinski definition) is 4. The molecule has 20 heavy (non-hydrogen) atoms. The van der Waals surface area contributed by atoms with Gasteiger partial charge < -0.3 is 0 Å². The molecule has 2 rings (SSSR count). The van der Waals surface area contributed by atoms with Crippen LogP contribution in [0.5, 0.6) is 0 Å². The lowest BCUT2D eigenvalue weighted by atomic mass is 10.2. The Morgan fingerprint density at radius 3 is 2.70 bits per heavy atom. The molecule has 0 unspecified atom stereocenters. The van der Waals surface area contributed by atoms with E-state index in [1.54, 1.807) is 6.07 Å². The molecule has 0 amide bonds. The topological polar surface area (TPSA) is 68.1 Å². The normalized spacial score (nSPS) is 12.1. The molecule has 1 aromatic heterocycles. The molecule has 0 N–H and O–H groups in total. The lowest BCUT2D eigenvalue weighted by molar-refractivity contribution is 0.455.